The Bertz CT molecular complexity index is 847. The fourth-order valence-corrected chi connectivity index (χ4v) is 4.45. The van der Waals surface area contributed by atoms with Crippen molar-refractivity contribution in [3.8, 4) is 0 Å². The number of aromatic nitrogens is 1. The van der Waals surface area contributed by atoms with Crippen molar-refractivity contribution in [1.82, 2.24) is 20.1 Å². The molecule has 0 aliphatic carbocycles. The summed E-state index contributed by atoms with van der Waals surface area (Å²) in [5.74, 6) is -0.0359. The third-order valence-electron chi connectivity index (χ3n) is 6.12. The zero-order valence-corrected chi connectivity index (χ0v) is 17.4. The molecule has 1 atom stereocenters. The number of rotatable bonds is 7. The Morgan fingerprint density at radius 1 is 1.00 bits per heavy atom. The fourth-order valence-electron chi connectivity index (χ4n) is 4.45. The molecule has 6 heteroatoms. The van der Waals surface area contributed by atoms with Gasteiger partial charge in [-0.15, -0.1) is 0 Å². The Morgan fingerprint density at radius 3 is 2.50 bits per heavy atom. The molecule has 2 aliphatic heterocycles. The molecule has 2 aromatic rings. The highest BCUT2D eigenvalue weighted by atomic mass is 16.2. The van der Waals surface area contributed by atoms with E-state index in [4.69, 9.17) is 0 Å². The third kappa shape index (κ3) is 5.05. The number of hydrogen-bond donors (Lipinski definition) is 1. The topological polar surface area (TPSA) is 65.5 Å². The zero-order chi connectivity index (χ0) is 20.8. The van der Waals surface area contributed by atoms with E-state index in [-0.39, 0.29) is 11.8 Å². The number of carbonyl (C=O) groups excluding carboxylic acids is 2. The average molecular weight is 407 g/mol. The second kappa shape index (κ2) is 9.85. The minimum atomic E-state index is -0.119. The van der Waals surface area contributed by atoms with E-state index in [0.717, 1.165) is 51.0 Å². The number of benzene rings is 1. The lowest BCUT2D eigenvalue weighted by Crippen LogP contribution is -2.42. The van der Waals surface area contributed by atoms with Gasteiger partial charge in [0, 0.05) is 49.2 Å². The summed E-state index contributed by atoms with van der Waals surface area (Å²) in [6, 6.07) is 11.3. The predicted molar refractivity (Wildman–Crippen MR) is 116 cm³/mol. The van der Waals surface area contributed by atoms with Crippen molar-refractivity contribution in [3.63, 3.8) is 0 Å². The Labute approximate surface area is 178 Å². The molecule has 4 rings (SSSR count). The smallest absolute Gasteiger partial charge is 0.254 e. The lowest BCUT2D eigenvalue weighted by molar-refractivity contribution is 0.0708. The number of carbonyl (C=O) groups is 2. The molecule has 1 aromatic heterocycles. The summed E-state index contributed by atoms with van der Waals surface area (Å²) in [7, 11) is 0. The molecule has 2 saturated heterocycles. The van der Waals surface area contributed by atoms with E-state index < -0.39 is 0 Å². The Hall–Kier alpha value is -2.73. The van der Waals surface area contributed by atoms with Gasteiger partial charge in [-0.1, -0.05) is 6.07 Å². The number of hydrogen-bond acceptors (Lipinski definition) is 4. The van der Waals surface area contributed by atoms with Crippen molar-refractivity contribution in [2.75, 3.05) is 32.7 Å². The molecule has 0 saturated carbocycles. The van der Waals surface area contributed by atoms with Gasteiger partial charge in [0.1, 0.15) is 0 Å². The van der Waals surface area contributed by atoms with Crippen molar-refractivity contribution in [2.45, 2.75) is 38.1 Å². The minimum absolute atomic E-state index is 0.0835. The van der Waals surface area contributed by atoms with Crippen LogP contribution in [0.2, 0.25) is 0 Å². The monoisotopic (exact) mass is 406 g/mol. The number of nitrogens with one attached hydrogen (secondary N) is 1. The van der Waals surface area contributed by atoms with Gasteiger partial charge < -0.3 is 15.1 Å². The fraction of sp³-hybridized carbons (Fsp3) is 0.458. The van der Waals surface area contributed by atoms with Gasteiger partial charge in [-0.3, -0.25) is 14.6 Å². The normalized spacial score (nSPS) is 19.2. The van der Waals surface area contributed by atoms with Crippen LogP contribution in [0.25, 0.3) is 0 Å². The van der Waals surface area contributed by atoms with Crippen LogP contribution in [0, 0.1) is 0 Å². The molecule has 2 amide bonds. The van der Waals surface area contributed by atoms with Crippen LogP contribution in [0.3, 0.4) is 0 Å². The van der Waals surface area contributed by atoms with E-state index in [1.165, 1.54) is 12.8 Å². The van der Waals surface area contributed by atoms with Crippen molar-refractivity contribution in [2.24, 2.45) is 0 Å². The lowest BCUT2D eigenvalue weighted by Gasteiger charge is -2.28. The van der Waals surface area contributed by atoms with E-state index in [1.807, 2.05) is 23.2 Å². The minimum Gasteiger partial charge on any atom is -0.352 e. The maximum absolute atomic E-state index is 13.0. The van der Waals surface area contributed by atoms with Crippen molar-refractivity contribution < 1.29 is 9.59 Å². The number of amides is 2. The van der Waals surface area contributed by atoms with E-state index in [9.17, 15) is 9.59 Å². The molecule has 1 aromatic carbocycles. The molecule has 30 heavy (non-hydrogen) atoms. The number of nitrogens with zero attached hydrogens (tertiary/aromatic N) is 3. The zero-order valence-electron chi connectivity index (χ0n) is 17.4. The van der Waals surface area contributed by atoms with E-state index in [2.05, 4.69) is 15.2 Å². The first kappa shape index (κ1) is 20.5. The Kier molecular flexibility index (Phi) is 6.74. The highest BCUT2D eigenvalue weighted by molar-refractivity contribution is 5.98. The van der Waals surface area contributed by atoms with Gasteiger partial charge in [0.15, 0.2) is 0 Å². The van der Waals surface area contributed by atoms with Crippen LogP contribution in [-0.2, 0) is 6.42 Å². The van der Waals surface area contributed by atoms with Crippen LogP contribution in [0.5, 0.6) is 0 Å². The summed E-state index contributed by atoms with van der Waals surface area (Å²) in [6.45, 7) is 4.68. The second-order valence-electron chi connectivity index (χ2n) is 8.25. The third-order valence-corrected chi connectivity index (χ3v) is 6.12. The van der Waals surface area contributed by atoms with Crippen LogP contribution >= 0.6 is 0 Å². The van der Waals surface area contributed by atoms with Crippen LogP contribution < -0.4 is 5.32 Å². The summed E-state index contributed by atoms with van der Waals surface area (Å²) >= 11 is 0. The molecule has 6 nitrogen and oxygen atoms in total. The molecule has 1 N–H and O–H groups in total. The highest BCUT2D eigenvalue weighted by Crippen LogP contribution is 2.22. The molecule has 158 valence electrons. The van der Waals surface area contributed by atoms with Gasteiger partial charge in [-0.05, 0) is 81.1 Å². The van der Waals surface area contributed by atoms with Gasteiger partial charge in [0.2, 0.25) is 0 Å². The van der Waals surface area contributed by atoms with Gasteiger partial charge >= 0.3 is 0 Å². The van der Waals surface area contributed by atoms with Crippen LogP contribution in [-0.4, -0.2) is 65.4 Å². The predicted octanol–water partition coefficient (Wildman–Crippen LogP) is 2.75. The summed E-state index contributed by atoms with van der Waals surface area (Å²) < 4.78 is 0. The first-order chi connectivity index (χ1) is 14.7. The standard InChI is InChI=1S/C24H30N4O2/c29-23(26-13-11-19-5-3-12-25-17-19)20-7-9-21(10-8-20)24(30)28-16-4-6-22(28)18-27-14-1-2-15-27/h3,5,7-10,12,17,22H,1-2,4,6,11,13-16,18H2,(H,26,29)/t22-/m0/s1. The maximum Gasteiger partial charge on any atom is 0.254 e. The molecule has 0 radical (unpaired) electrons. The number of pyridine rings is 1. The number of likely N-dealkylation sites (tertiary alicyclic amines) is 2. The quantitative estimate of drug-likeness (QED) is 0.768. The summed E-state index contributed by atoms with van der Waals surface area (Å²) in [5.41, 5.74) is 2.33. The largest absolute Gasteiger partial charge is 0.352 e. The van der Waals surface area contributed by atoms with Gasteiger partial charge in [0.05, 0.1) is 0 Å². The first-order valence-corrected chi connectivity index (χ1v) is 11.0. The highest BCUT2D eigenvalue weighted by Gasteiger charge is 2.31. The molecule has 2 aliphatic rings. The van der Waals surface area contributed by atoms with Gasteiger partial charge in [-0.25, -0.2) is 0 Å². The van der Waals surface area contributed by atoms with Crippen molar-refractivity contribution >= 4 is 11.8 Å². The van der Waals surface area contributed by atoms with Crippen molar-refractivity contribution in [3.05, 3.63) is 65.5 Å². The molecular weight excluding hydrogens is 376 g/mol. The van der Waals surface area contributed by atoms with Crippen LogP contribution in [0.15, 0.2) is 48.8 Å². The van der Waals surface area contributed by atoms with Crippen LogP contribution in [0.1, 0.15) is 52.0 Å². The SMILES string of the molecule is O=C(NCCc1cccnc1)c1ccc(C(=O)N2CCC[C@H]2CN2CCCC2)cc1. The van der Waals surface area contributed by atoms with Crippen LogP contribution in [0.4, 0.5) is 0 Å². The average Bonchev–Trinajstić information content (AvgIpc) is 3.47. The lowest BCUT2D eigenvalue weighted by atomic mass is 10.1. The molecule has 3 heterocycles. The molecular formula is C24H30N4O2. The Morgan fingerprint density at radius 2 is 1.77 bits per heavy atom. The maximum atomic E-state index is 13.0. The van der Waals surface area contributed by atoms with E-state index in [1.54, 1.807) is 30.5 Å². The Balaban J connectivity index is 1.30. The van der Waals surface area contributed by atoms with Gasteiger partial charge in [-0.2, -0.15) is 0 Å². The summed E-state index contributed by atoms with van der Waals surface area (Å²) in [5, 5.41) is 2.93. The second-order valence-corrected chi connectivity index (χ2v) is 8.25. The molecule has 0 bridgehead atoms. The summed E-state index contributed by atoms with van der Waals surface area (Å²) in [4.78, 5) is 34.0. The summed E-state index contributed by atoms with van der Waals surface area (Å²) in [6.07, 6.45) is 8.98. The first-order valence-electron chi connectivity index (χ1n) is 11.0. The van der Waals surface area contributed by atoms with E-state index in [0.29, 0.717) is 23.7 Å². The van der Waals surface area contributed by atoms with Gasteiger partial charge in [0.25, 0.3) is 11.8 Å². The van der Waals surface area contributed by atoms with Crippen molar-refractivity contribution in [1.29, 1.82) is 0 Å². The molecule has 0 spiro atoms. The molecule has 0 unspecified atom stereocenters. The van der Waals surface area contributed by atoms with E-state index >= 15 is 0 Å². The molecule has 2 fully saturated rings.